The first-order valence-corrected chi connectivity index (χ1v) is 7.97. The molecule has 0 heterocycles. The molecule has 122 valence electrons. The van der Waals surface area contributed by atoms with E-state index in [1.165, 1.54) is 20.8 Å². The van der Waals surface area contributed by atoms with Crippen molar-refractivity contribution in [2.75, 3.05) is 0 Å². The molecule has 2 nitrogen and oxygen atoms in total. The standard InChI is InChI=1S/C13H11BrF5NOS/c1-11(2,3)22(21)20-10-8-6(4-5-7(15)9(8)14)12(16,17)13(10,18)19/h4-5H,1-3H3. The van der Waals surface area contributed by atoms with E-state index in [4.69, 9.17) is 0 Å². The molecule has 0 radical (unpaired) electrons. The van der Waals surface area contributed by atoms with E-state index in [1.54, 1.807) is 0 Å². The minimum atomic E-state index is -4.67. The summed E-state index contributed by atoms with van der Waals surface area (Å²) in [6, 6.07) is 1.25. The predicted octanol–water partition coefficient (Wildman–Crippen LogP) is 4.58. The molecule has 0 aliphatic heterocycles. The van der Waals surface area contributed by atoms with Crippen molar-refractivity contribution in [2.45, 2.75) is 37.4 Å². The van der Waals surface area contributed by atoms with Crippen molar-refractivity contribution in [3.63, 3.8) is 0 Å². The largest absolute Gasteiger partial charge is 0.591 e. The van der Waals surface area contributed by atoms with Gasteiger partial charge in [0.15, 0.2) is 5.71 Å². The van der Waals surface area contributed by atoms with Gasteiger partial charge in [-0.05, 0) is 48.8 Å². The number of halogens is 6. The van der Waals surface area contributed by atoms with Crippen molar-refractivity contribution in [3.8, 4) is 0 Å². The Bertz CT molecular complexity index is 657. The van der Waals surface area contributed by atoms with Crippen LogP contribution in [0.5, 0.6) is 0 Å². The van der Waals surface area contributed by atoms with Gasteiger partial charge in [-0.25, -0.2) is 4.39 Å². The van der Waals surface area contributed by atoms with E-state index in [9.17, 15) is 26.5 Å². The molecule has 0 bridgehead atoms. The van der Waals surface area contributed by atoms with Gasteiger partial charge in [-0.15, -0.1) is 0 Å². The van der Waals surface area contributed by atoms with Crippen LogP contribution >= 0.6 is 15.9 Å². The van der Waals surface area contributed by atoms with E-state index in [0.29, 0.717) is 12.1 Å². The maximum atomic E-state index is 14.1. The van der Waals surface area contributed by atoms with Crippen LogP contribution < -0.4 is 0 Å². The van der Waals surface area contributed by atoms with Gasteiger partial charge in [-0.2, -0.15) is 17.6 Å². The van der Waals surface area contributed by atoms with Crippen molar-refractivity contribution in [3.05, 3.63) is 33.5 Å². The average molecular weight is 404 g/mol. The van der Waals surface area contributed by atoms with Crippen LogP contribution in [0.4, 0.5) is 22.0 Å². The first kappa shape index (κ1) is 17.7. The zero-order chi connectivity index (χ0) is 17.1. The average Bonchev–Trinajstić information content (AvgIpc) is 2.51. The quantitative estimate of drug-likeness (QED) is 0.499. The summed E-state index contributed by atoms with van der Waals surface area (Å²) in [6.45, 7) is 4.37. The van der Waals surface area contributed by atoms with Gasteiger partial charge in [0.2, 0.25) is 0 Å². The fourth-order valence-electron chi connectivity index (χ4n) is 1.84. The Balaban J connectivity index is 2.76. The van der Waals surface area contributed by atoms with E-state index in [0.717, 1.165) is 0 Å². The van der Waals surface area contributed by atoms with Gasteiger partial charge >= 0.3 is 11.8 Å². The Morgan fingerprint density at radius 1 is 1.14 bits per heavy atom. The first-order chi connectivity index (χ1) is 9.81. The monoisotopic (exact) mass is 403 g/mol. The van der Waals surface area contributed by atoms with Gasteiger partial charge in [0.1, 0.15) is 21.9 Å². The summed E-state index contributed by atoms with van der Waals surface area (Å²) in [5, 5.41) is 0. The zero-order valence-corrected chi connectivity index (χ0v) is 14.1. The highest BCUT2D eigenvalue weighted by Gasteiger charge is 2.69. The predicted molar refractivity (Wildman–Crippen MR) is 77.4 cm³/mol. The van der Waals surface area contributed by atoms with E-state index < -0.39 is 55.1 Å². The van der Waals surface area contributed by atoms with Gasteiger partial charge in [-0.3, -0.25) is 0 Å². The van der Waals surface area contributed by atoms with Gasteiger partial charge in [0, 0.05) is 11.1 Å². The number of alkyl halides is 4. The molecule has 1 atom stereocenters. The lowest BCUT2D eigenvalue weighted by atomic mass is 10.1. The van der Waals surface area contributed by atoms with Crippen LogP contribution in [0.1, 0.15) is 31.9 Å². The lowest BCUT2D eigenvalue weighted by Gasteiger charge is -2.21. The Kier molecular flexibility index (Phi) is 4.16. The van der Waals surface area contributed by atoms with Crippen molar-refractivity contribution in [1.82, 2.24) is 0 Å². The van der Waals surface area contributed by atoms with Crippen molar-refractivity contribution < 1.29 is 26.5 Å². The third-order valence-corrected chi connectivity index (χ3v) is 5.23. The Hall–Kier alpha value is -0.670. The first-order valence-electron chi connectivity index (χ1n) is 6.07. The summed E-state index contributed by atoms with van der Waals surface area (Å²) < 4.78 is 83.3. The lowest BCUT2D eigenvalue weighted by Crippen LogP contribution is -2.40. The van der Waals surface area contributed by atoms with Crippen LogP contribution in [0.25, 0.3) is 0 Å². The van der Waals surface area contributed by atoms with Crippen molar-refractivity contribution in [1.29, 1.82) is 0 Å². The molecule has 0 fully saturated rings. The van der Waals surface area contributed by atoms with Crippen LogP contribution in [-0.2, 0) is 17.3 Å². The second kappa shape index (κ2) is 5.17. The fraction of sp³-hybridized carbons (Fsp3) is 0.462. The summed E-state index contributed by atoms with van der Waals surface area (Å²) in [6.07, 6.45) is 0. The van der Waals surface area contributed by atoms with E-state index in [-0.39, 0.29) is 0 Å². The van der Waals surface area contributed by atoms with Crippen LogP contribution in [0, 0.1) is 5.82 Å². The smallest absolute Gasteiger partial charge is 0.361 e. The molecule has 0 N–H and O–H groups in total. The molecular formula is C13H11BrF5NOS. The van der Waals surface area contributed by atoms with Gasteiger partial charge in [-0.1, -0.05) is 4.40 Å². The molecule has 0 amide bonds. The molecule has 0 aromatic heterocycles. The van der Waals surface area contributed by atoms with Crippen LogP contribution in [-0.4, -0.2) is 20.9 Å². The summed E-state index contributed by atoms with van der Waals surface area (Å²) in [7, 11) is 0. The van der Waals surface area contributed by atoms with Crippen LogP contribution in [0.3, 0.4) is 0 Å². The van der Waals surface area contributed by atoms with E-state index in [1.807, 2.05) is 0 Å². The molecule has 1 aromatic rings. The second-order valence-electron chi connectivity index (χ2n) is 5.73. The number of fused-ring (bicyclic) bond motifs is 1. The number of rotatable bonds is 1. The fourth-order valence-corrected chi connectivity index (χ4v) is 3.02. The van der Waals surface area contributed by atoms with Gasteiger partial charge in [0.05, 0.1) is 4.47 Å². The topological polar surface area (TPSA) is 35.4 Å². The number of hydrogen-bond acceptors (Lipinski definition) is 2. The van der Waals surface area contributed by atoms with Crippen molar-refractivity contribution >= 4 is 33.0 Å². The van der Waals surface area contributed by atoms with Crippen molar-refractivity contribution in [2.24, 2.45) is 4.40 Å². The maximum absolute atomic E-state index is 14.1. The Morgan fingerprint density at radius 2 is 1.68 bits per heavy atom. The summed E-state index contributed by atoms with van der Waals surface area (Å²) in [4.78, 5) is 0. The minimum Gasteiger partial charge on any atom is -0.591 e. The Labute approximate surface area is 135 Å². The molecule has 22 heavy (non-hydrogen) atoms. The highest BCUT2D eigenvalue weighted by Crippen LogP contribution is 2.54. The summed E-state index contributed by atoms with van der Waals surface area (Å²) >= 11 is 0.496. The molecule has 2 rings (SSSR count). The lowest BCUT2D eigenvalue weighted by molar-refractivity contribution is -0.166. The number of nitrogens with zero attached hydrogens (tertiary/aromatic N) is 1. The minimum absolute atomic E-state index is 0.550. The molecule has 0 saturated carbocycles. The Morgan fingerprint density at radius 3 is 2.18 bits per heavy atom. The third kappa shape index (κ3) is 2.46. The van der Waals surface area contributed by atoms with Gasteiger partial charge in [0.25, 0.3) is 0 Å². The van der Waals surface area contributed by atoms with E-state index >= 15 is 0 Å². The summed E-state index contributed by atoms with van der Waals surface area (Å²) in [5.74, 6) is -10.2. The molecule has 9 heteroatoms. The zero-order valence-electron chi connectivity index (χ0n) is 11.7. The molecule has 1 unspecified atom stereocenters. The number of hydrogen-bond donors (Lipinski definition) is 0. The molecule has 1 aliphatic carbocycles. The highest BCUT2D eigenvalue weighted by atomic mass is 79.9. The number of benzene rings is 1. The van der Waals surface area contributed by atoms with Crippen LogP contribution in [0.15, 0.2) is 21.0 Å². The molecule has 1 aromatic carbocycles. The normalized spacial score (nSPS) is 22.7. The van der Waals surface area contributed by atoms with Gasteiger partial charge < -0.3 is 4.55 Å². The second-order valence-corrected chi connectivity index (χ2v) is 8.43. The van der Waals surface area contributed by atoms with Crippen LogP contribution in [0.2, 0.25) is 0 Å². The molecular weight excluding hydrogens is 393 g/mol. The SMILES string of the molecule is CC(C)(C)[S+]([O-])N=C1c2c(ccc(F)c2Br)C(F)(F)C1(F)F. The van der Waals surface area contributed by atoms with E-state index in [2.05, 4.69) is 20.3 Å². The summed E-state index contributed by atoms with van der Waals surface area (Å²) in [5.41, 5.74) is -3.16. The molecule has 1 aliphatic rings. The highest BCUT2D eigenvalue weighted by molar-refractivity contribution is 9.10. The molecule has 0 saturated heterocycles. The molecule has 0 spiro atoms. The third-order valence-electron chi connectivity index (χ3n) is 3.06. The maximum Gasteiger partial charge on any atom is 0.361 e.